The van der Waals surface area contributed by atoms with Crippen LogP contribution in [0.2, 0.25) is 0 Å². The van der Waals surface area contributed by atoms with Crippen molar-refractivity contribution in [3.8, 4) is 11.5 Å². The summed E-state index contributed by atoms with van der Waals surface area (Å²) in [4.78, 5) is 0. The molecule has 0 radical (unpaired) electrons. The van der Waals surface area contributed by atoms with Crippen molar-refractivity contribution < 1.29 is 28.4 Å². The third-order valence-electron chi connectivity index (χ3n) is 5.95. The molecule has 0 heterocycles. The molecule has 196 valence electrons. The summed E-state index contributed by atoms with van der Waals surface area (Å²) < 4.78 is 35.6. The summed E-state index contributed by atoms with van der Waals surface area (Å²) in [5.74, 6) is 1.82. The molecule has 3 atom stereocenters. The topological polar surface area (TPSA) is 55.4 Å². The monoisotopic (exact) mass is 488 g/mol. The normalized spacial score (nSPS) is 14.0. The number of unbranched alkanes of at least 4 members (excludes halogenated alkanes) is 1. The largest absolute Gasteiger partial charge is 0.497 e. The second-order valence-corrected chi connectivity index (χ2v) is 8.51. The summed E-state index contributed by atoms with van der Waals surface area (Å²) >= 11 is 0. The van der Waals surface area contributed by atoms with Crippen molar-refractivity contribution in [3.05, 3.63) is 60.2 Å². The van der Waals surface area contributed by atoms with Gasteiger partial charge >= 0.3 is 0 Å². The Labute approximate surface area is 211 Å². The standard InChI is InChI=1S/C29H44O6/c1-6-9-15-27(23(4)33-20-24-16-18-25(30-5)19-17-24)28(21-34-26-13-11-10-12-14-26)35-22-29(31-7-2)32-8-3/h10-14,16-19,23,27-29H,6-9,15,20-22H2,1-5H3/t23-,27-,28+/m0/s1. The van der Waals surface area contributed by atoms with Crippen LogP contribution in [-0.2, 0) is 25.6 Å². The van der Waals surface area contributed by atoms with E-state index < -0.39 is 6.29 Å². The Hall–Kier alpha value is -2.12. The van der Waals surface area contributed by atoms with E-state index in [0.717, 1.165) is 36.3 Å². The zero-order valence-corrected chi connectivity index (χ0v) is 22.1. The lowest BCUT2D eigenvalue weighted by Crippen LogP contribution is -2.40. The quantitative estimate of drug-likeness (QED) is 0.217. The van der Waals surface area contributed by atoms with E-state index in [2.05, 4.69) is 13.8 Å². The molecule has 0 saturated heterocycles. The number of hydrogen-bond donors (Lipinski definition) is 0. The van der Waals surface area contributed by atoms with Crippen molar-refractivity contribution in [2.24, 2.45) is 5.92 Å². The van der Waals surface area contributed by atoms with Crippen molar-refractivity contribution in [1.82, 2.24) is 0 Å². The molecule has 0 aliphatic rings. The van der Waals surface area contributed by atoms with E-state index in [-0.39, 0.29) is 18.1 Å². The smallest absolute Gasteiger partial charge is 0.180 e. The van der Waals surface area contributed by atoms with Crippen LogP contribution in [0.4, 0.5) is 0 Å². The zero-order chi connectivity index (χ0) is 25.3. The van der Waals surface area contributed by atoms with Crippen LogP contribution in [0.25, 0.3) is 0 Å². The second-order valence-electron chi connectivity index (χ2n) is 8.51. The minimum atomic E-state index is -0.397. The first-order valence-electron chi connectivity index (χ1n) is 12.9. The highest BCUT2D eigenvalue weighted by molar-refractivity contribution is 5.26. The fraction of sp³-hybridized carbons (Fsp3) is 0.586. The van der Waals surface area contributed by atoms with Gasteiger partial charge in [0.15, 0.2) is 6.29 Å². The zero-order valence-electron chi connectivity index (χ0n) is 22.1. The Morgan fingerprint density at radius 2 is 1.43 bits per heavy atom. The molecule has 0 N–H and O–H groups in total. The maximum atomic E-state index is 6.42. The molecule has 0 spiro atoms. The molecular formula is C29H44O6. The first-order valence-corrected chi connectivity index (χ1v) is 12.9. The predicted octanol–water partition coefficient (Wildman–Crippen LogP) is 6.27. The maximum absolute atomic E-state index is 6.42. The molecule has 2 rings (SSSR count). The van der Waals surface area contributed by atoms with Gasteiger partial charge in [-0.3, -0.25) is 0 Å². The molecule has 0 fully saturated rings. The predicted molar refractivity (Wildman–Crippen MR) is 139 cm³/mol. The third kappa shape index (κ3) is 11.0. The Bertz CT molecular complexity index is 761. The summed E-state index contributed by atoms with van der Waals surface area (Å²) in [6.07, 6.45) is 2.59. The molecular weight excluding hydrogens is 444 g/mol. The van der Waals surface area contributed by atoms with Crippen molar-refractivity contribution >= 4 is 0 Å². The minimum absolute atomic E-state index is 0.0225. The molecule has 6 heteroatoms. The van der Waals surface area contributed by atoms with Crippen LogP contribution in [0.5, 0.6) is 11.5 Å². The van der Waals surface area contributed by atoms with Crippen LogP contribution in [0, 0.1) is 5.92 Å². The van der Waals surface area contributed by atoms with Crippen LogP contribution in [0.15, 0.2) is 54.6 Å². The van der Waals surface area contributed by atoms with Gasteiger partial charge in [0.25, 0.3) is 0 Å². The van der Waals surface area contributed by atoms with Crippen molar-refractivity contribution in [2.75, 3.05) is 33.5 Å². The van der Waals surface area contributed by atoms with Crippen molar-refractivity contribution in [1.29, 1.82) is 0 Å². The summed E-state index contributed by atoms with van der Waals surface area (Å²) in [6.45, 7) is 10.7. The molecule has 0 aromatic heterocycles. The van der Waals surface area contributed by atoms with Gasteiger partial charge in [-0.2, -0.15) is 0 Å². The van der Waals surface area contributed by atoms with Gasteiger partial charge in [-0.25, -0.2) is 0 Å². The molecule has 2 aromatic carbocycles. The van der Waals surface area contributed by atoms with Gasteiger partial charge in [-0.1, -0.05) is 50.1 Å². The average molecular weight is 489 g/mol. The van der Waals surface area contributed by atoms with Gasteiger partial charge < -0.3 is 28.4 Å². The van der Waals surface area contributed by atoms with Gasteiger partial charge in [-0.15, -0.1) is 0 Å². The molecule has 6 nitrogen and oxygen atoms in total. The number of ether oxygens (including phenoxy) is 6. The molecule has 0 aliphatic carbocycles. The van der Waals surface area contributed by atoms with Crippen LogP contribution >= 0.6 is 0 Å². The lowest BCUT2D eigenvalue weighted by Gasteiger charge is -2.33. The fourth-order valence-electron chi connectivity index (χ4n) is 3.94. The maximum Gasteiger partial charge on any atom is 0.180 e. The van der Waals surface area contributed by atoms with Gasteiger partial charge in [0.1, 0.15) is 18.1 Å². The highest BCUT2D eigenvalue weighted by Crippen LogP contribution is 2.25. The van der Waals surface area contributed by atoms with E-state index in [0.29, 0.717) is 33.0 Å². The van der Waals surface area contributed by atoms with E-state index in [4.69, 9.17) is 28.4 Å². The molecule has 0 amide bonds. The average Bonchev–Trinajstić information content (AvgIpc) is 2.89. The van der Waals surface area contributed by atoms with Crippen LogP contribution in [0.1, 0.15) is 52.5 Å². The summed E-state index contributed by atoms with van der Waals surface area (Å²) in [7, 11) is 1.67. The molecule has 0 unspecified atom stereocenters. The van der Waals surface area contributed by atoms with Crippen molar-refractivity contribution in [2.45, 2.75) is 72.1 Å². The Kier molecular flexibility index (Phi) is 14.4. The highest BCUT2D eigenvalue weighted by Gasteiger charge is 2.30. The second kappa shape index (κ2) is 17.3. The van der Waals surface area contributed by atoms with Crippen molar-refractivity contribution in [3.63, 3.8) is 0 Å². The number of hydrogen-bond acceptors (Lipinski definition) is 6. The Morgan fingerprint density at radius 1 is 0.743 bits per heavy atom. The Morgan fingerprint density at radius 3 is 2.03 bits per heavy atom. The van der Waals surface area contributed by atoms with E-state index in [1.54, 1.807) is 7.11 Å². The third-order valence-corrected chi connectivity index (χ3v) is 5.95. The number of rotatable bonds is 19. The first kappa shape index (κ1) is 29.1. The fourth-order valence-corrected chi connectivity index (χ4v) is 3.94. The molecule has 35 heavy (non-hydrogen) atoms. The number of benzene rings is 2. The van der Waals surface area contributed by atoms with Crippen LogP contribution < -0.4 is 9.47 Å². The first-order chi connectivity index (χ1) is 17.1. The van der Waals surface area contributed by atoms with E-state index >= 15 is 0 Å². The van der Waals surface area contributed by atoms with E-state index in [1.807, 2.05) is 68.4 Å². The lowest BCUT2D eigenvalue weighted by molar-refractivity contribution is -0.188. The molecule has 0 bridgehead atoms. The summed E-state index contributed by atoms with van der Waals surface area (Å²) in [5.41, 5.74) is 1.11. The van der Waals surface area contributed by atoms with Crippen LogP contribution in [0.3, 0.4) is 0 Å². The number of para-hydroxylation sites is 1. The van der Waals surface area contributed by atoms with Gasteiger partial charge in [0, 0.05) is 19.1 Å². The molecule has 0 saturated carbocycles. The minimum Gasteiger partial charge on any atom is -0.497 e. The van der Waals surface area contributed by atoms with E-state index in [9.17, 15) is 0 Å². The summed E-state index contributed by atoms with van der Waals surface area (Å²) in [5, 5.41) is 0. The molecule has 0 aliphatic heterocycles. The molecule has 2 aromatic rings. The van der Waals surface area contributed by atoms with E-state index in [1.165, 1.54) is 0 Å². The van der Waals surface area contributed by atoms with Gasteiger partial charge in [0.05, 0.1) is 32.5 Å². The highest BCUT2D eigenvalue weighted by atomic mass is 16.7. The Balaban J connectivity index is 2.11. The van der Waals surface area contributed by atoms with Crippen LogP contribution in [-0.4, -0.2) is 52.0 Å². The van der Waals surface area contributed by atoms with Gasteiger partial charge in [0.2, 0.25) is 0 Å². The summed E-state index contributed by atoms with van der Waals surface area (Å²) in [6, 6.07) is 17.8. The van der Waals surface area contributed by atoms with Gasteiger partial charge in [-0.05, 0) is 57.0 Å². The SMILES string of the molecule is CCCC[C@@H]([C@H](C)OCc1ccc(OC)cc1)[C@@H](COc1ccccc1)OCC(OCC)OCC. The number of methoxy groups -OCH3 is 1. The lowest BCUT2D eigenvalue weighted by atomic mass is 9.91.